The third kappa shape index (κ3) is 5.78. The molecule has 1 rings (SSSR count). The van der Waals surface area contributed by atoms with E-state index in [0.29, 0.717) is 13.2 Å². The second-order valence-electron chi connectivity index (χ2n) is 3.15. The molecule has 1 aromatic rings. The van der Waals surface area contributed by atoms with Crippen LogP contribution in [0.15, 0.2) is 35.2 Å². The molecule has 0 fully saturated rings. The van der Waals surface area contributed by atoms with E-state index in [0.717, 1.165) is 5.75 Å². The molecule has 3 nitrogen and oxygen atoms in total. The van der Waals surface area contributed by atoms with Gasteiger partial charge in [-0.2, -0.15) is 0 Å². The number of carbonyl (C=O) groups is 1. The van der Waals surface area contributed by atoms with Crippen LogP contribution in [0.2, 0.25) is 0 Å². The maximum Gasteiger partial charge on any atom is 0.246 e. The molecular weight excluding hydrogens is 222 g/mol. The molecule has 0 aliphatic heterocycles. The lowest BCUT2D eigenvalue weighted by Gasteiger charge is -2.04. The van der Waals surface area contributed by atoms with Gasteiger partial charge in [0.1, 0.15) is 6.61 Å². The highest BCUT2D eigenvalue weighted by Gasteiger charge is 1.99. The second-order valence-corrected chi connectivity index (χ2v) is 4.32. The number of hydrogen-bond acceptors (Lipinski definition) is 3. The second kappa shape index (κ2) is 8.19. The lowest BCUT2D eigenvalue weighted by Crippen LogP contribution is -2.29. The Morgan fingerprint density at radius 2 is 2.12 bits per heavy atom. The van der Waals surface area contributed by atoms with Gasteiger partial charge in [-0.15, -0.1) is 11.8 Å². The molecule has 1 amide bonds. The fourth-order valence-corrected chi connectivity index (χ4v) is 1.91. The highest BCUT2D eigenvalue weighted by molar-refractivity contribution is 7.99. The van der Waals surface area contributed by atoms with Crippen LogP contribution < -0.4 is 5.32 Å². The van der Waals surface area contributed by atoms with Crippen LogP contribution >= 0.6 is 11.8 Å². The largest absolute Gasteiger partial charge is 0.372 e. The van der Waals surface area contributed by atoms with Crippen LogP contribution in [0.25, 0.3) is 0 Å². The van der Waals surface area contributed by atoms with Gasteiger partial charge in [0.15, 0.2) is 0 Å². The highest BCUT2D eigenvalue weighted by atomic mass is 32.2. The van der Waals surface area contributed by atoms with E-state index in [1.165, 1.54) is 4.90 Å². The predicted molar refractivity (Wildman–Crippen MR) is 66.7 cm³/mol. The Hall–Kier alpha value is -1.00. The van der Waals surface area contributed by atoms with E-state index in [2.05, 4.69) is 17.4 Å². The van der Waals surface area contributed by atoms with Crippen molar-refractivity contribution in [2.24, 2.45) is 0 Å². The first-order chi connectivity index (χ1) is 7.83. The van der Waals surface area contributed by atoms with E-state index < -0.39 is 0 Å². The van der Waals surface area contributed by atoms with Gasteiger partial charge in [-0.1, -0.05) is 18.2 Å². The molecule has 0 aliphatic rings. The summed E-state index contributed by atoms with van der Waals surface area (Å²) in [5, 5.41) is 2.80. The number of hydrogen-bond donors (Lipinski definition) is 1. The Morgan fingerprint density at radius 1 is 1.38 bits per heavy atom. The number of carbonyl (C=O) groups excluding carboxylic acids is 1. The summed E-state index contributed by atoms with van der Waals surface area (Å²) in [4.78, 5) is 12.4. The molecule has 0 bridgehead atoms. The van der Waals surface area contributed by atoms with Gasteiger partial charge in [-0.25, -0.2) is 0 Å². The number of benzene rings is 1. The van der Waals surface area contributed by atoms with Crippen molar-refractivity contribution in [2.45, 2.75) is 11.8 Å². The molecule has 0 aliphatic carbocycles. The summed E-state index contributed by atoms with van der Waals surface area (Å²) in [6.07, 6.45) is 0. The van der Waals surface area contributed by atoms with Crippen molar-refractivity contribution in [3.05, 3.63) is 30.3 Å². The number of amides is 1. The number of thioether (sulfide) groups is 1. The summed E-state index contributed by atoms with van der Waals surface area (Å²) in [7, 11) is 0. The SMILES string of the molecule is CCOCC(=O)NCCSc1ccccc1. The Balaban J connectivity index is 2.06. The summed E-state index contributed by atoms with van der Waals surface area (Å²) in [6.45, 7) is 3.28. The first-order valence-electron chi connectivity index (χ1n) is 5.35. The smallest absolute Gasteiger partial charge is 0.246 e. The van der Waals surface area contributed by atoms with Gasteiger partial charge >= 0.3 is 0 Å². The van der Waals surface area contributed by atoms with E-state index in [1.807, 2.05) is 25.1 Å². The third-order valence-corrected chi connectivity index (χ3v) is 2.89. The molecule has 0 radical (unpaired) electrons. The third-order valence-electron chi connectivity index (χ3n) is 1.87. The fourth-order valence-electron chi connectivity index (χ4n) is 1.12. The van der Waals surface area contributed by atoms with Gasteiger partial charge < -0.3 is 10.1 Å². The monoisotopic (exact) mass is 239 g/mol. The van der Waals surface area contributed by atoms with Gasteiger partial charge in [0.2, 0.25) is 5.91 Å². The summed E-state index contributed by atoms with van der Waals surface area (Å²) in [5.41, 5.74) is 0. The van der Waals surface area contributed by atoms with Crippen LogP contribution in [-0.4, -0.2) is 31.4 Å². The maximum atomic E-state index is 11.2. The Morgan fingerprint density at radius 3 is 2.81 bits per heavy atom. The van der Waals surface area contributed by atoms with Gasteiger partial charge in [-0.05, 0) is 19.1 Å². The maximum absolute atomic E-state index is 11.2. The van der Waals surface area contributed by atoms with Gasteiger partial charge in [0.25, 0.3) is 0 Å². The van der Waals surface area contributed by atoms with Crippen LogP contribution in [-0.2, 0) is 9.53 Å². The zero-order chi connectivity index (χ0) is 11.6. The van der Waals surface area contributed by atoms with E-state index in [4.69, 9.17) is 4.74 Å². The van der Waals surface area contributed by atoms with Crippen LogP contribution in [0.3, 0.4) is 0 Å². The molecule has 0 aromatic heterocycles. The number of nitrogens with one attached hydrogen (secondary N) is 1. The number of ether oxygens (including phenoxy) is 1. The van der Waals surface area contributed by atoms with E-state index >= 15 is 0 Å². The average Bonchev–Trinajstić information content (AvgIpc) is 2.33. The minimum atomic E-state index is -0.0458. The Bertz CT molecular complexity index is 303. The van der Waals surface area contributed by atoms with Crippen molar-refractivity contribution < 1.29 is 9.53 Å². The van der Waals surface area contributed by atoms with Crippen molar-refractivity contribution in [1.29, 1.82) is 0 Å². The lowest BCUT2D eigenvalue weighted by molar-refractivity contribution is -0.125. The average molecular weight is 239 g/mol. The molecule has 1 aromatic carbocycles. The standard InChI is InChI=1S/C12H17NO2S/c1-2-15-10-12(14)13-8-9-16-11-6-4-3-5-7-11/h3-7H,2,8-10H2,1H3,(H,13,14). The zero-order valence-electron chi connectivity index (χ0n) is 9.44. The Kier molecular flexibility index (Phi) is 6.69. The topological polar surface area (TPSA) is 38.3 Å². The molecular formula is C12H17NO2S. The lowest BCUT2D eigenvalue weighted by atomic mass is 10.4. The van der Waals surface area contributed by atoms with Crippen molar-refractivity contribution >= 4 is 17.7 Å². The van der Waals surface area contributed by atoms with Gasteiger partial charge in [0, 0.05) is 23.8 Å². The van der Waals surface area contributed by atoms with E-state index in [1.54, 1.807) is 11.8 Å². The van der Waals surface area contributed by atoms with Gasteiger partial charge in [0.05, 0.1) is 0 Å². The molecule has 0 heterocycles. The summed E-state index contributed by atoms with van der Waals surface area (Å²) >= 11 is 1.73. The highest BCUT2D eigenvalue weighted by Crippen LogP contribution is 2.15. The molecule has 1 N–H and O–H groups in total. The first-order valence-corrected chi connectivity index (χ1v) is 6.33. The van der Waals surface area contributed by atoms with Crippen LogP contribution in [0.1, 0.15) is 6.92 Å². The molecule has 0 atom stereocenters. The van der Waals surface area contributed by atoms with Crippen LogP contribution in [0, 0.1) is 0 Å². The molecule has 0 spiro atoms. The quantitative estimate of drug-likeness (QED) is 0.583. The molecule has 0 saturated carbocycles. The van der Waals surface area contributed by atoms with Crippen molar-refractivity contribution in [3.8, 4) is 0 Å². The van der Waals surface area contributed by atoms with Crippen molar-refractivity contribution in [3.63, 3.8) is 0 Å². The molecule has 0 saturated heterocycles. The first kappa shape index (κ1) is 13.1. The summed E-state index contributed by atoms with van der Waals surface area (Å²) in [5.74, 6) is 0.831. The fraction of sp³-hybridized carbons (Fsp3) is 0.417. The minimum Gasteiger partial charge on any atom is -0.372 e. The normalized spacial score (nSPS) is 10.1. The zero-order valence-corrected chi connectivity index (χ0v) is 10.3. The van der Waals surface area contributed by atoms with Crippen molar-refractivity contribution in [1.82, 2.24) is 5.32 Å². The summed E-state index contributed by atoms with van der Waals surface area (Å²) < 4.78 is 4.99. The Labute approximate surface area is 101 Å². The summed E-state index contributed by atoms with van der Waals surface area (Å²) in [6, 6.07) is 10.1. The molecule has 0 unspecified atom stereocenters. The molecule has 16 heavy (non-hydrogen) atoms. The van der Waals surface area contributed by atoms with Crippen molar-refractivity contribution in [2.75, 3.05) is 25.5 Å². The van der Waals surface area contributed by atoms with E-state index in [9.17, 15) is 4.79 Å². The number of rotatable bonds is 7. The predicted octanol–water partition coefficient (Wildman–Crippen LogP) is 1.93. The minimum absolute atomic E-state index is 0.0458. The van der Waals surface area contributed by atoms with Crippen LogP contribution in [0.4, 0.5) is 0 Å². The molecule has 88 valence electrons. The van der Waals surface area contributed by atoms with E-state index in [-0.39, 0.29) is 12.5 Å². The molecule has 4 heteroatoms. The van der Waals surface area contributed by atoms with Crippen LogP contribution in [0.5, 0.6) is 0 Å². The van der Waals surface area contributed by atoms with Gasteiger partial charge in [-0.3, -0.25) is 4.79 Å².